The molecule has 0 fully saturated rings. The summed E-state index contributed by atoms with van der Waals surface area (Å²) in [6.45, 7) is -0.473. The number of nitro groups is 1. The fourth-order valence-corrected chi connectivity index (χ4v) is 2.51. The highest BCUT2D eigenvalue weighted by atomic mass is 35.5. The highest BCUT2D eigenvalue weighted by Crippen LogP contribution is 2.37. The molecular weight excluding hydrogens is 379 g/mol. The van der Waals surface area contributed by atoms with Crippen LogP contribution in [0.15, 0.2) is 30.5 Å². The monoisotopic (exact) mass is 389 g/mol. The predicted octanol–water partition coefficient (Wildman–Crippen LogP) is 3.85. The molecule has 1 aromatic heterocycles. The number of carboxylic acid groups (broad SMARTS) is 1. The maximum absolute atomic E-state index is 12.7. The summed E-state index contributed by atoms with van der Waals surface area (Å²) in [5, 5.41) is 19.8. The van der Waals surface area contributed by atoms with Crippen LogP contribution in [-0.4, -0.2) is 34.6 Å². The first-order valence-electron chi connectivity index (χ1n) is 6.95. The number of aliphatic carboxylic acids is 1. The normalized spacial score (nSPS) is 11.3. The van der Waals surface area contributed by atoms with Gasteiger partial charge < -0.3 is 10.0 Å². The molecule has 0 radical (unpaired) electrons. The van der Waals surface area contributed by atoms with Crippen LogP contribution in [0.4, 0.5) is 24.5 Å². The van der Waals surface area contributed by atoms with Crippen LogP contribution in [0.5, 0.6) is 0 Å². The number of rotatable bonds is 5. The maximum Gasteiger partial charge on any atom is 0.417 e. The third kappa shape index (κ3) is 4.20. The number of halogens is 4. The molecule has 0 spiro atoms. The van der Waals surface area contributed by atoms with Crippen LogP contribution in [0.3, 0.4) is 0 Å². The molecular formula is C15H11ClF3N3O4. The summed E-state index contributed by atoms with van der Waals surface area (Å²) in [5.41, 5.74) is -1.37. The van der Waals surface area contributed by atoms with E-state index in [9.17, 15) is 28.1 Å². The Labute approximate surface area is 149 Å². The molecule has 0 saturated carbocycles. The van der Waals surface area contributed by atoms with Gasteiger partial charge in [-0.15, -0.1) is 0 Å². The lowest BCUT2D eigenvalue weighted by molar-refractivity contribution is -0.384. The Kier molecular flexibility index (Phi) is 5.36. The van der Waals surface area contributed by atoms with Gasteiger partial charge in [-0.2, -0.15) is 13.2 Å². The first-order chi connectivity index (χ1) is 12.0. The summed E-state index contributed by atoms with van der Waals surface area (Å²) < 4.78 is 38.0. The van der Waals surface area contributed by atoms with E-state index < -0.39 is 34.9 Å². The first kappa shape index (κ1) is 19.4. The number of hydrogen-bond acceptors (Lipinski definition) is 5. The number of carbonyl (C=O) groups is 1. The van der Waals surface area contributed by atoms with Crippen molar-refractivity contribution in [2.45, 2.75) is 6.18 Å². The van der Waals surface area contributed by atoms with Gasteiger partial charge >= 0.3 is 12.1 Å². The second-order valence-electron chi connectivity index (χ2n) is 5.26. The van der Waals surface area contributed by atoms with Gasteiger partial charge in [-0.05, 0) is 12.1 Å². The SMILES string of the molecule is CN(CC(=O)O)c1ccc(-c2ncc(C(F)(F)F)cc2Cl)cc1[N+](=O)[O-]. The van der Waals surface area contributed by atoms with Crippen LogP contribution in [0.1, 0.15) is 5.56 Å². The van der Waals surface area contributed by atoms with Gasteiger partial charge in [0.15, 0.2) is 0 Å². The van der Waals surface area contributed by atoms with Gasteiger partial charge in [-0.1, -0.05) is 17.7 Å². The van der Waals surface area contributed by atoms with E-state index in [4.69, 9.17) is 16.7 Å². The predicted molar refractivity (Wildman–Crippen MR) is 87.2 cm³/mol. The largest absolute Gasteiger partial charge is 0.480 e. The topological polar surface area (TPSA) is 96.6 Å². The molecule has 0 aliphatic heterocycles. The highest BCUT2D eigenvalue weighted by molar-refractivity contribution is 6.33. The van der Waals surface area contributed by atoms with Gasteiger partial charge in [0.2, 0.25) is 0 Å². The summed E-state index contributed by atoms with van der Waals surface area (Å²) in [6, 6.07) is 4.41. The number of hydrogen-bond donors (Lipinski definition) is 1. The number of likely N-dealkylation sites (N-methyl/N-ethyl adjacent to an activating group) is 1. The molecule has 0 unspecified atom stereocenters. The minimum absolute atomic E-state index is 0.0317. The Morgan fingerprint density at radius 3 is 2.54 bits per heavy atom. The number of nitrogens with zero attached hydrogens (tertiary/aromatic N) is 3. The fraction of sp³-hybridized carbons (Fsp3) is 0.200. The second-order valence-corrected chi connectivity index (χ2v) is 5.67. The van der Waals surface area contributed by atoms with Crippen molar-refractivity contribution in [3.8, 4) is 11.3 Å². The Hall–Kier alpha value is -2.88. The first-order valence-corrected chi connectivity index (χ1v) is 7.33. The van der Waals surface area contributed by atoms with Gasteiger partial charge in [-0.25, -0.2) is 0 Å². The standard InChI is InChI=1S/C15H11ClF3N3O4/c1-21(7-13(23)24)11-3-2-8(4-12(11)22(25)26)14-10(16)5-9(6-20-14)15(17,18)19/h2-6H,7H2,1H3,(H,23,24). The van der Waals surface area contributed by atoms with Crippen molar-refractivity contribution in [1.82, 2.24) is 4.98 Å². The molecule has 2 rings (SSSR count). The Morgan fingerprint density at radius 2 is 2.04 bits per heavy atom. The average Bonchev–Trinajstić information content (AvgIpc) is 2.52. The minimum Gasteiger partial charge on any atom is -0.480 e. The lowest BCUT2D eigenvalue weighted by atomic mass is 10.1. The van der Waals surface area contributed by atoms with Crippen molar-refractivity contribution < 1.29 is 28.0 Å². The summed E-state index contributed by atoms with van der Waals surface area (Å²) in [4.78, 5) is 26.2. The summed E-state index contributed by atoms with van der Waals surface area (Å²) in [6.07, 6.45) is -4.04. The Balaban J connectivity index is 2.50. The molecule has 0 aliphatic carbocycles. The quantitative estimate of drug-likeness (QED) is 0.616. The van der Waals surface area contributed by atoms with Crippen molar-refractivity contribution >= 4 is 28.9 Å². The van der Waals surface area contributed by atoms with Crippen LogP contribution < -0.4 is 4.90 Å². The van der Waals surface area contributed by atoms with Crippen molar-refractivity contribution in [3.05, 3.63) is 51.2 Å². The molecule has 138 valence electrons. The number of aromatic nitrogens is 1. The van der Waals surface area contributed by atoms with Crippen molar-refractivity contribution in [2.24, 2.45) is 0 Å². The van der Waals surface area contributed by atoms with Crippen LogP contribution >= 0.6 is 11.6 Å². The maximum atomic E-state index is 12.7. The van der Waals surface area contributed by atoms with E-state index in [0.717, 1.165) is 11.0 Å². The zero-order valence-corrected chi connectivity index (χ0v) is 13.9. The van der Waals surface area contributed by atoms with Crippen LogP contribution in [0.2, 0.25) is 5.02 Å². The van der Waals surface area contributed by atoms with E-state index in [2.05, 4.69) is 4.98 Å². The molecule has 0 amide bonds. The van der Waals surface area contributed by atoms with E-state index in [0.29, 0.717) is 12.3 Å². The fourth-order valence-electron chi connectivity index (χ4n) is 2.23. The summed E-state index contributed by atoms with van der Waals surface area (Å²) >= 11 is 5.85. The smallest absolute Gasteiger partial charge is 0.417 e. The molecule has 0 aliphatic rings. The molecule has 0 atom stereocenters. The number of anilines is 1. The van der Waals surface area contributed by atoms with Crippen molar-refractivity contribution in [2.75, 3.05) is 18.5 Å². The van der Waals surface area contributed by atoms with Gasteiger partial charge in [0, 0.05) is 24.9 Å². The molecule has 1 aromatic carbocycles. The summed E-state index contributed by atoms with van der Waals surface area (Å²) in [5.74, 6) is -1.18. The molecule has 11 heteroatoms. The van der Waals surface area contributed by atoms with E-state index in [1.54, 1.807) is 0 Å². The molecule has 2 aromatic rings. The van der Waals surface area contributed by atoms with Crippen molar-refractivity contribution in [3.63, 3.8) is 0 Å². The van der Waals surface area contributed by atoms with E-state index >= 15 is 0 Å². The average molecular weight is 390 g/mol. The molecule has 0 saturated heterocycles. The number of benzene rings is 1. The third-order valence-electron chi connectivity index (χ3n) is 3.40. The van der Waals surface area contributed by atoms with Crippen LogP contribution in [0.25, 0.3) is 11.3 Å². The van der Waals surface area contributed by atoms with Gasteiger partial charge in [0.25, 0.3) is 5.69 Å². The Bertz CT molecular complexity index is 874. The van der Waals surface area contributed by atoms with Gasteiger partial charge in [-0.3, -0.25) is 19.9 Å². The molecule has 0 bridgehead atoms. The van der Waals surface area contributed by atoms with E-state index in [-0.39, 0.29) is 22.0 Å². The number of carboxylic acids is 1. The lowest BCUT2D eigenvalue weighted by Gasteiger charge is -2.17. The zero-order valence-electron chi connectivity index (χ0n) is 13.1. The molecule has 26 heavy (non-hydrogen) atoms. The third-order valence-corrected chi connectivity index (χ3v) is 3.69. The number of nitro benzene ring substituents is 1. The number of pyridine rings is 1. The Morgan fingerprint density at radius 1 is 1.38 bits per heavy atom. The van der Waals surface area contributed by atoms with Crippen molar-refractivity contribution in [1.29, 1.82) is 0 Å². The number of alkyl halides is 3. The zero-order chi connectivity index (χ0) is 19.6. The second kappa shape index (κ2) is 7.16. The van der Waals surface area contributed by atoms with Crippen LogP contribution in [-0.2, 0) is 11.0 Å². The highest BCUT2D eigenvalue weighted by Gasteiger charge is 2.32. The minimum atomic E-state index is -4.62. The molecule has 1 heterocycles. The summed E-state index contributed by atoms with van der Waals surface area (Å²) in [7, 11) is 1.36. The lowest BCUT2D eigenvalue weighted by Crippen LogP contribution is -2.25. The van der Waals surface area contributed by atoms with Gasteiger partial charge in [0.1, 0.15) is 12.2 Å². The van der Waals surface area contributed by atoms with Crippen LogP contribution in [0, 0.1) is 10.1 Å². The van der Waals surface area contributed by atoms with E-state index in [1.807, 2.05) is 0 Å². The van der Waals surface area contributed by atoms with Gasteiger partial charge in [0.05, 0.1) is 21.2 Å². The molecule has 7 nitrogen and oxygen atoms in total. The molecule has 1 N–H and O–H groups in total. The van der Waals surface area contributed by atoms with E-state index in [1.165, 1.54) is 19.2 Å².